The normalized spacial score (nSPS) is 16.8. The summed E-state index contributed by atoms with van der Waals surface area (Å²) < 4.78 is 26.4. The van der Waals surface area contributed by atoms with Crippen LogP contribution in [0.1, 0.15) is 24.8 Å². The second kappa shape index (κ2) is 8.19. The first kappa shape index (κ1) is 16.8. The highest BCUT2D eigenvalue weighted by molar-refractivity contribution is 5.76. The van der Waals surface area contributed by atoms with Crippen molar-refractivity contribution < 1.29 is 13.6 Å². The van der Waals surface area contributed by atoms with Gasteiger partial charge in [-0.05, 0) is 63.6 Å². The first-order chi connectivity index (χ1) is 10.6. The predicted octanol–water partition coefficient (Wildman–Crippen LogP) is 1.64. The number of nitrogens with two attached hydrogens (primary N) is 1. The molecule has 0 aromatic heterocycles. The molecule has 1 heterocycles. The van der Waals surface area contributed by atoms with Crippen molar-refractivity contribution in [3.8, 4) is 0 Å². The second-order valence-electron chi connectivity index (χ2n) is 5.78. The average molecular weight is 311 g/mol. The van der Waals surface area contributed by atoms with Crippen LogP contribution < -0.4 is 11.1 Å². The average Bonchev–Trinajstić information content (AvgIpc) is 2.50. The Kier molecular flexibility index (Phi) is 6.27. The lowest BCUT2D eigenvalue weighted by Crippen LogP contribution is -2.39. The van der Waals surface area contributed by atoms with E-state index in [2.05, 4.69) is 10.2 Å². The largest absolute Gasteiger partial charge is 0.369 e. The van der Waals surface area contributed by atoms with Crippen molar-refractivity contribution in [1.82, 2.24) is 10.2 Å². The predicted molar refractivity (Wildman–Crippen MR) is 81.0 cm³/mol. The van der Waals surface area contributed by atoms with Crippen LogP contribution in [0.3, 0.4) is 0 Å². The molecule has 1 aromatic rings. The minimum Gasteiger partial charge on any atom is -0.369 e. The summed E-state index contributed by atoms with van der Waals surface area (Å²) in [5.74, 6) is -0.985. The number of amides is 1. The summed E-state index contributed by atoms with van der Waals surface area (Å²) in [7, 11) is 0. The second-order valence-corrected chi connectivity index (χ2v) is 5.78. The number of nitrogens with zero attached hydrogens (tertiary/aromatic N) is 1. The fraction of sp³-hybridized carbons (Fsp3) is 0.562. The van der Waals surface area contributed by atoms with Crippen LogP contribution in [0.2, 0.25) is 0 Å². The third kappa shape index (κ3) is 5.03. The molecule has 1 aliphatic heterocycles. The monoisotopic (exact) mass is 311 g/mol. The Labute approximate surface area is 129 Å². The quantitative estimate of drug-likeness (QED) is 0.753. The standard InChI is InChI=1S/C16H23F2N3O/c17-14-2-3-15(18)13(10-14)11-20-6-1-7-21-8-4-12(5-9-21)16(19)22/h2-3,10,12,20H,1,4-9,11H2,(H2,19,22). The molecule has 0 bridgehead atoms. The van der Waals surface area contributed by atoms with E-state index in [9.17, 15) is 13.6 Å². The number of hydrogen-bond donors (Lipinski definition) is 2. The van der Waals surface area contributed by atoms with E-state index in [4.69, 9.17) is 5.73 Å². The molecule has 1 aromatic carbocycles. The molecule has 0 unspecified atom stereocenters. The van der Waals surface area contributed by atoms with Crippen LogP contribution in [0.5, 0.6) is 0 Å². The topological polar surface area (TPSA) is 58.4 Å². The Morgan fingerprint density at radius 1 is 1.32 bits per heavy atom. The first-order valence-electron chi connectivity index (χ1n) is 7.72. The molecule has 1 amide bonds. The summed E-state index contributed by atoms with van der Waals surface area (Å²) in [5, 5.41) is 3.13. The fourth-order valence-corrected chi connectivity index (χ4v) is 2.77. The van der Waals surface area contributed by atoms with Crippen molar-refractivity contribution >= 4 is 5.91 Å². The van der Waals surface area contributed by atoms with Crippen molar-refractivity contribution in [2.45, 2.75) is 25.8 Å². The van der Waals surface area contributed by atoms with Crippen LogP contribution in [-0.2, 0) is 11.3 Å². The molecule has 4 nitrogen and oxygen atoms in total. The summed E-state index contributed by atoms with van der Waals surface area (Å²) in [6, 6.07) is 3.49. The van der Waals surface area contributed by atoms with E-state index >= 15 is 0 Å². The maximum Gasteiger partial charge on any atom is 0.220 e. The molecular formula is C16H23F2N3O. The summed E-state index contributed by atoms with van der Waals surface area (Å²) in [4.78, 5) is 13.4. The Balaban J connectivity index is 1.60. The van der Waals surface area contributed by atoms with Gasteiger partial charge in [0.1, 0.15) is 11.6 Å². The minimum atomic E-state index is -0.421. The molecule has 1 saturated heterocycles. The Morgan fingerprint density at radius 3 is 2.73 bits per heavy atom. The van der Waals surface area contributed by atoms with E-state index in [0.29, 0.717) is 12.1 Å². The number of carbonyl (C=O) groups excluding carboxylic acids is 1. The van der Waals surface area contributed by atoms with Gasteiger partial charge in [-0.1, -0.05) is 0 Å². The third-order valence-corrected chi connectivity index (χ3v) is 4.14. The van der Waals surface area contributed by atoms with Crippen molar-refractivity contribution in [3.63, 3.8) is 0 Å². The van der Waals surface area contributed by atoms with Crippen molar-refractivity contribution in [3.05, 3.63) is 35.4 Å². The number of likely N-dealkylation sites (tertiary alicyclic amines) is 1. The Bertz CT molecular complexity index is 502. The highest BCUT2D eigenvalue weighted by atomic mass is 19.1. The van der Waals surface area contributed by atoms with Crippen molar-refractivity contribution in [2.75, 3.05) is 26.2 Å². The number of primary amides is 1. The van der Waals surface area contributed by atoms with Crippen LogP contribution in [0.25, 0.3) is 0 Å². The molecule has 2 rings (SSSR count). The van der Waals surface area contributed by atoms with Gasteiger partial charge in [-0.15, -0.1) is 0 Å². The zero-order valence-electron chi connectivity index (χ0n) is 12.7. The minimum absolute atomic E-state index is 0.0188. The van der Waals surface area contributed by atoms with Crippen LogP contribution >= 0.6 is 0 Å². The molecule has 0 spiro atoms. The van der Waals surface area contributed by atoms with E-state index < -0.39 is 5.82 Å². The van der Waals surface area contributed by atoms with Crippen molar-refractivity contribution in [2.24, 2.45) is 11.7 Å². The van der Waals surface area contributed by atoms with E-state index in [1.807, 2.05) is 0 Å². The molecule has 1 fully saturated rings. The number of carbonyl (C=O) groups is 1. The molecule has 0 atom stereocenters. The number of piperidine rings is 1. The van der Waals surface area contributed by atoms with Crippen LogP contribution in [0.15, 0.2) is 18.2 Å². The fourth-order valence-electron chi connectivity index (χ4n) is 2.77. The van der Waals surface area contributed by atoms with Gasteiger partial charge in [-0.2, -0.15) is 0 Å². The Hall–Kier alpha value is -1.53. The molecule has 6 heteroatoms. The van der Waals surface area contributed by atoms with Gasteiger partial charge in [0.2, 0.25) is 5.91 Å². The molecule has 3 N–H and O–H groups in total. The zero-order chi connectivity index (χ0) is 15.9. The summed E-state index contributed by atoms with van der Waals surface area (Å²) in [6.07, 6.45) is 2.59. The van der Waals surface area contributed by atoms with Crippen LogP contribution in [0.4, 0.5) is 8.78 Å². The third-order valence-electron chi connectivity index (χ3n) is 4.14. The number of benzene rings is 1. The van der Waals surface area contributed by atoms with E-state index in [0.717, 1.165) is 57.6 Å². The summed E-state index contributed by atoms with van der Waals surface area (Å²) in [6.45, 7) is 3.79. The Morgan fingerprint density at radius 2 is 2.05 bits per heavy atom. The number of hydrogen-bond acceptors (Lipinski definition) is 3. The molecule has 22 heavy (non-hydrogen) atoms. The first-order valence-corrected chi connectivity index (χ1v) is 7.72. The molecule has 122 valence electrons. The zero-order valence-corrected chi connectivity index (χ0v) is 12.7. The van der Waals surface area contributed by atoms with Gasteiger partial charge in [0, 0.05) is 18.0 Å². The van der Waals surface area contributed by atoms with E-state index in [1.165, 1.54) is 6.07 Å². The molecular weight excluding hydrogens is 288 g/mol. The SMILES string of the molecule is NC(=O)C1CCN(CCCNCc2cc(F)ccc2F)CC1. The van der Waals surface area contributed by atoms with Crippen LogP contribution in [-0.4, -0.2) is 37.0 Å². The lowest BCUT2D eigenvalue weighted by Gasteiger charge is -2.30. The van der Waals surface area contributed by atoms with Gasteiger partial charge in [0.05, 0.1) is 0 Å². The smallest absolute Gasteiger partial charge is 0.220 e. The van der Waals surface area contributed by atoms with Gasteiger partial charge in [0.15, 0.2) is 0 Å². The van der Waals surface area contributed by atoms with Gasteiger partial charge >= 0.3 is 0 Å². The van der Waals surface area contributed by atoms with Crippen LogP contribution in [0, 0.1) is 17.6 Å². The highest BCUT2D eigenvalue weighted by Crippen LogP contribution is 2.16. The van der Waals surface area contributed by atoms with E-state index in [-0.39, 0.29) is 17.6 Å². The summed E-state index contributed by atoms with van der Waals surface area (Å²) in [5.41, 5.74) is 5.65. The maximum atomic E-state index is 13.4. The molecule has 0 aliphatic carbocycles. The molecule has 0 radical (unpaired) electrons. The number of halogens is 2. The maximum absolute atomic E-state index is 13.4. The lowest BCUT2D eigenvalue weighted by atomic mass is 9.96. The molecule has 1 aliphatic rings. The highest BCUT2D eigenvalue weighted by Gasteiger charge is 2.22. The van der Waals surface area contributed by atoms with Gasteiger partial charge in [-0.3, -0.25) is 4.79 Å². The number of rotatable bonds is 7. The number of nitrogens with one attached hydrogen (secondary N) is 1. The lowest BCUT2D eigenvalue weighted by molar-refractivity contribution is -0.123. The van der Waals surface area contributed by atoms with Gasteiger partial charge < -0.3 is 16.0 Å². The van der Waals surface area contributed by atoms with Gasteiger partial charge in [-0.25, -0.2) is 8.78 Å². The summed E-state index contributed by atoms with van der Waals surface area (Å²) >= 11 is 0. The van der Waals surface area contributed by atoms with Crippen molar-refractivity contribution in [1.29, 1.82) is 0 Å². The van der Waals surface area contributed by atoms with E-state index in [1.54, 1.807) is 0 Å². The molecule has 0 saturated carbocycles. The van der Waals surface area contributed by atoms with Gasteiger partial charge in [0.25, 0.3) is 0 Å².